The molecule has 6 heteroatoms. The normalized spacial score (nSPS) is 12.4. The summed E-state index contributed by atoms with van der Waals surface area (Å²) >= 11 is 0. The van der Waals surface area contributed by atoms with Gasteiger partial charge >= 0.3 is 5.69 Å². The predicted molar refractivity (Wildman–Crippen MR) is 36.4 cm³/mol. The summed E-state index contributed by atoms with van der Waals surface area (Å²) in [7, 11) is 0. The lowest BCUT2D eigenvalue weighted by Crippen LogP contribution is -2.12. The zero-order chi connectivity index (χ0) is 8.27. The smallest absolute Gasteiger partial charge is 0.320 e. The third kappa shape index (κ3) is 1.65. The van der Waals surface area contributed by atoms with Crippen molar-refractivity contribution < 1.29 is 0 Å². The van der Waals surface area contributed by atoms with Crippen LogP contribution in [0.5, 0.6) is 0 Å². The number of hydrogen-bond acceptors (Lipinski definition) is 4. The lowest BCUT2D eigenvalue weighted by molar-refractivity contribution is 0.691. The minimum absolute atomic E-state index is 0.140. The van der Waals surface area contributed by atoms with Gasteiger partial charge in [0, 0.05) is 0 Å². The fourth-order valence-corrected chi connectivity index (χ4v) is 0.654. The van der Waals surface area contributed by atoms with Crippen LogP contribution in [0.4, 0.5) is 0 Å². The second-order valence-electron chi connectivity index (χ2n) is 2.03. The molecule has 0 saturated heterocycles. The van der Waals surface area contributed by atoms with Gasteiger partial charge in [0.2, 0.25) is 0 Å². The maximum Gasteiger partial charge on any atom is 0.340 e. The van der Waals surface area contributed by atoms with Crippen LogP contribution in [0.25, 0.3) is 0 Å². The predicted octanol–water partition coefficient (Wildman–Crippen LogP) is -0.989. The van der Waals surface area contributed by atoms with Gasteiger partial charge in [-0.2, -0.15) is 10.4 Å². The van der Waals surface area contributed by atoms with Gasteiger partial charge in [0.25, 0.3) is 0 Å². The lowest BCUT2D eigenvalue weighted by atomic mass is 10.2. The molecular formula is C5H7N5O. The van der Waals surface area contributed by atoms with E-state index in [1.165, 1.54) is 0 Å². The van der Waals surface area contributed by atoms with Crippen molar-refractivity contribution in [1.82, 2.24) is 15.2 Å². The Hall–Kier alpha value is -1.61. The van der Waals surface area contributed by atoms with Crippen LogP contribution >= 0.6 is 0 Å². The van der Waals surface area contributed by atoms with Crippen LogP contribution in [0, 0.1) is 11.3 Å². The SMILES string of the molecule is N#CC[C@H](N)c1n[nH]c(=O)[nH]1. The van der Waals surface area contributed by atoms with Gasteiger partial charge in [-0.25, -0.2) is 9.89 Å². The van der Waals surface area contributed by atoms with Gasteiger partial charge in [-0.05, 0) is 0 Å². The molecule has 0 spiro atoms. The molecule has 1 atom stereocenters. The molecule has 0 saturated carbocycles. The standard InChI is InChI=1S/C5H7N5O/c6-2-1-3(7)4-8-5(11)10-9-4/h3H,1,7H2,(H2,8,9,10,11)/t3-/m0/s1. The van der Waals surface area contributed by atoms with Crippen molar-refractivity contribution in [1.29, 1.82) is 5.26 Å². The Morgan fingerprint density at radius 3 is 3.00 bits per heavy atom. The second-order valence-corrected chi connectivity index (χ2v) is 2.03. The topological polar surface area (TPSA) is 111 Å². The number of aromatic amines is 2. The molecule has 1 rings (SSSR count). The van der Waals surface area contributed by atoms with E-state index in [1.54, 1.807) is 0 Å². The van der Waals surface area contributed by atoms with E-state index in [2.05, 4.69) is 15.2 Å². The van der Waals surface area contributed by atoms with Crippen molar-refractivity contribution in [2.24, 2.45) is 5.73 Å². The summed E-state index contributed by atoms with van der Waals surface area (Å²) in [6, 6.07) is 1.36. The van der Waals surface area contributed by atoms with Crippen LogP contribution in [-0.4, -0.2) is 15.2 Å². The molecular weight excluding hydrogens is 146 g/mol. The molecule has 11 heavy (non-hydrogen) atoms. The minimum Gasteiger partial charge on any atom is -0.320 e. The summed E-state index contributed by atoms with van der Waals surface area (Å²) < 4.78 is 0. The van der Waals surface area contributed by atoms with E-state index in [1.807, 2.05) is 6.07 Å². The zero-order valence-electron chi connectivity index (χ0n) is 5.66. The molecule has 0 radical (unpaired) electrons. The van der Waals surface area contributed by atoms with Crippen molar-refractivity contribution in [3.63, 3.8) is 0 Å². The third-order valence-electron chi connectivity index (χ3n) is 1.18. The van der Waals surface area contributed by atoms with Crippen molar-refractivity contribution in [2.45, 2.75) is 12.5 Å². The van der Waals surface area contributed by atoms with Gasteiger partial charge in [0.15, 0.2) is 0 Å². The molecule has 6 nitrogen and oxygen atoms in total. The quantitative estimate of drug-likeness (QED) is 0.506. The van der Waals surface area contributed by atoms with Gasteiger partial charge in [0.1, 0.15) is 5.82 Å². The molecule has 58 valence electrons. The van der Waals surface area contributed by atoms with Crippen LogP contribution in [-0.2, 0) is 0 Å². The van der Waals surface area contributed by atoms with Crippen LogP contribution in [0.3, 0.4) is 0 Å². The first kappa shape index (κ1) is 7.50. The van der Waals surface area contributed by atoms with Crippen molar-refractivity contribution in [3.05, 3.63) is 16.3 Å². The molecule has 1 aromatic heterocycles. The molecule has 0 aromatic carbocycles. The Balaban J connectivity index is 2.78. The minimum atomic E-state index is -0.515. The second kappa shape index (κ2) is 2.98. The van der Waals surface area contributed by atoms with E-state index < -0.39 is 11.7 Å². The average molecular weight is 153 g/mol. The fraction of sp³-hybridized carbons (Fsp3) is 0.400. The van der Waals surface area contributed by atoms with E-state index in [9.17, 15) is 4.79 Å². The van der Waals surface area contributed by atoms with E-state index in [-0.39, 0.29) is 6.42 Å². The molecule has 0 bridgehead atoms. The van der Waals surface area contributed by atoms with Gasteiger partial charge in [-0.1, -0.05) is 0 Å². The molecule has 1 heterocycles. The molecule has 1 aromatic rings. The lowest BCUT2D eigenvalue weighted by Gasteiger charge is -1.98. The first-order chi connectivity index (χ1) is 5.24. The molecule has 0 aliphatic rings. The maximum absolute atomic E-state index is 10.5. The first-order valence-electron chi connectivity index (χ1n) is 3.01. The van der Waals surface area contributed by atoms with Gasteiger partial charge < -0.3 is 5.73 Å². The van der Waals surface area contributed by atoms with Crippen LogP contribution < -0.4 is 11.4 Å². The molecule has 0 unspecified atom stereocenters. The summed E-state index contributed by atoms with van der Waals surface area (Å²) in [5, 5.41) is 14.0. The molecule has 0 fully saturated rings. The third-order valence-corrected chi connectivity index (χ3v) is 1.18. The summed E-state index contributed by atoms with van der Waals surface area (Å²) in [5.41, 5.74) is 5.03. The van der Waals surface area contributed by atoms with Crippen LogP contribution in [0.2, 0.25) is 0 Å². The maximum atomic E-state index is 10.5. The van der Waals surface area contributed by atoms with E-state index >= 15 is 0 Å². The highest BCUT2D eigenvalue weighted by Gasteiger charge is 2.08. The Labute approximate surface area is 62.0 Å². The Morgan fingerprint density at radius 2 is 2.55 bits per heavy atom. The highest BCUT2D eigenvalue weighted by Crippen LogP contribution is 2.03. The number of nitrogens with one attached hydrogen (secondary N) is 2. The molecule has 0 amide bonds. The summed E-state index contributed by atoms with van der Waals surface area (Å²) in [6.07, 6.45) is 0.140. The Kier molecular flexibility index (Phi) is 2.03. The highest BCUT2D eigenvalue weighted by atomic mass is 16.1. The van der Waals surface area contributed by atoms with Crippen molar-refractivity contribution >= 4 is 0 Å². The number of nitrogens with two attached hydrogens (primary N) is 1. The van der Waals surface area contributed by atoms with E-state index in [4.69, 9.17) is 11.0 Å². The zero-order valence-corrected chi connectivity index (χ0v) is 5.66. The Morgan fingerprint density at radius 1 is 1.82 bits per heavy atom. The van der Waals surface area contributed by atoms with Gasteiger partial charge in [-0.15, -0.1) is 0 Å². The number of nitrogens with zero attached hydrogens (tertiary/aromatic N) is 2. The largest absolute Gasteiger partial charge is 0.340 e. The monoisotopic (exact) mass is 153 g/mol. The Bertz CT molecular complexity index is 318. The summed E-state index contributed by atoms with van der Waals surface area (Å²) in [4.78, 5) is 12.8. The number of aromatic nitrogens is 3. The summed E-state index contributed by atoms with van der Waals surface area (Å²) in [6.45, 7) is 0. The summed E-state index contributed by atoms with van der Waals surface area (Å²) in [5.74, 6) is 0.316. The van der Waals surface area contributed by atoms with Crippen LogP contribution in [0.15, 0.2) is 4.79 Å². The van der Waals surface area contributed by atoms with Crippen LogP contribution in [0.1, 0.15) is 18.3 Å². The van der Waals surface area contributed by atoms with Crippen molar-refractivity contribution in [3.8, 4) is 6.07 Å². The number of nitriles is 1. The average Bonchev–Trinajstić information content (AvgIpc) is 2.36. The first-order valence-corrected chi connectivity index (χ1v) is 3.01. The molecule has 0 aliphatic carbocycles. The van der Waals surface area contributed by atoms with Gasteiger partial charge in [0.05, 0.1) is 18.5 Å². The number of H-pyrrole nitrogens is 2. The number of rotatable bonds is 2. The van der Waals surface area contributed by atoms with E-state index in [0.29, 0.717) is 5.82 Å². The van der Waals surface area contributed by atoms with Crippen molar-refractivity contribution in [2.75, 3.05) is 0 Å². The fourth-order valence-electron chi connectivity index (χ4n) is 0.654. The molecule has 0 aliphatic heterocycles. The van der Waals surface area contributed by atoms with E-state index in [0.717, 1.165) is 0 Å². The molecule has 4 N–H and O–H groups in total. The number of hydrogen-bond donors (Lipinski definition) is 3. The highest BCUT2D eigenvalue weighted by molar-refractivity contribution is 4.94. The van der Waals surface area contributed by atoms with Gasteiger partial charge in [-0.3, -0.25) is 4.98 Å².